The third-order valence-electron chi connectivity index (χ3n) is 2.97. The molecule has 128 valence electrons. The number of nitrogens with one attached hydrogen (secondary N) is 1. The minimum Gasteiger partial charge on any atom is -0.267 e. The predicted molar refractivity (Wildman–Crippen MR) is 91.3 cm³/mol. The Morgan fingerprint density at radius 3 is 2.36 bits per heavy atom. The van der Waals surface area contributed by atoms with Crippen LogP contribution < -0.4 is 5.43 Å². The van der Waals surface area contributed by atoms with Gasteiger partial charge in [0.25, 0.3) is 17.3 Å². The van der Waals surface area contributed by atoms with Crippen molar-refractivity contribution >= 4 is 46.7 Å². The van der Waals surface area contributed by atoms with E-state index in [1.807, 2.05) is 0 Å². The first-order valence-corrected chi connectivity index (χ1v) is 7.26. The molecule has 2 aromatic rings. The Balaban J connectivity index is 2.16. The van der Waals surface area contributed by atoms with Gasteiger partial charge in [-0.15, -0.1) is 0 Å². The first-order valence-electron chi connectivity index (χ1n) is 6.51. The molecule has 25 heavy (non-hydrogen) atoms. The zero-order chi connectivity index (χ0) is 18.6. The van der Waals surface area contributed by atoms with Crippen LogP contribution in [0.4, 0.5) is 11.4 Å². The molecule has 0 radical (unpaired) electrons. The van der Waals surface area contributed by atoms with Gasteiger partial charge >= 0.3 is 0 Å². The van der Waals surface area contributed by atoms with Crippen LogP contribution in [0, 0.1) is 20.2 Å². The van der Waals surface area contributed by atoms with Gasteiger partial charge in [-0.1, -0.05) is 23.2 Å². The lowest BCUT2D eigenvalue weighted by molar-refractivity contribution is -0.385. The summed E-state index contributed by atoms with van der Waals surface area (Å²) in [6, 6.07) is 7.26. The molecule has 0 aliphatic rings. The second kappa shape index (κ2) is 7.69. The Kier molecular flexibility index (Phi) is 5.63. The number of rotatable bonds is 5. The van der Waals surface area contributed by atoms with Crippen LogP contribution in [0.25, 0.3) is 0 Å². The number of nitro benzene ring substituents is 2. The van der Waals surface area contributed by atoms with Crippen LogP contribution in [0.1, 0.15) is 15.9 Å². The fraction of sp³-hybridized carbons (Fsp3) is 0. The van der Waals surface area contributed by atoms with Gasteiger partial charge < -0.3 is 0 Å². The number of benzene rings is 2. The van der Waals surface area contributed by atoms with Gasteiger partial charge in [-0.05, 0) is 18.2 Å². The van der Waals surface area contributed by atoms with Crippen molar-refractivity contribution in [3.8, 4) is 0 Å². The highest BCUT2D eigenvalue weighted by atomic mass is 35.5. The maximum absolute atomic E-state index is 11.9. The van der Waals surface area contributed by atoms with Gasteiger partial charge in [0, 0.05) is 34.3 Å². The monoisotopic (exact) mass is 382 g/mol. The smallest absolute Gasteiger partial charge is 0.267 e. The molecule has 0 spiro atoms. The summed E-state index contributed by atoms with van der Waals surface area (Å²) in [7, 11) is 0. The van der Waals surface area contributed by atoms with Crippen LogP contribution in [0.2, 0.25) is 10.0 Å². The van der Waals surface area contributed by atoms with Gasteiger partial charge in [-0.2, -0.15) is 5.10 Å². The van der Waals surface area contributed by atoms with E-state index in [1.54, 1.807) is 0 Å². The van der Waals surface area contributed by atoms with Crippen molar-refractivity contribution in [3.63, 3.8) is 0 Å². The molecular formula is C14H8Cl2N4O5. The van der Waals surface area contributed by atoms with Crippen molar-refractivity contribution < 1.29 is 14.6 Å². The zero-order valence-electron chi connectivity index (χ0n) is 12.2. The van der Waals surface area contributed by atoms with E-state index < -0.39 is 21.4 Å². The summed E-state index contributed by atoms with van der Waals surface area (Å²) in [5.41, 5.74) is 1.73. The number of hydrogen-bond donors (Lipinski definition) is 1. The number of carbonyl (C=O) groups excluding carboxylic acids is 1. The standard InChI is InChI=1S/C14H8Cl2N4O5/c15-11-4-2-10(19(22)23)5-9(11)7-17-18-14(21)8-1-3-12(16)13(6-8)20(24)25/h1-7H,(H,18,21)/b17-7+. The minimum absolute atomic E-state index is 0.0293. The number of nitrogens with zero attached hydrogens (tertiary/aromatic N) is 3. The highest BCUT2D eigenvalue weighted by Crippen LogP contribution is 2.25. The highest BCUT2D eigenvalue weighted by molar-refractivity contribution is 6.33. The molecule has 9 nitrogen and oxygen atoms in total. The molecule has 0 unspecified atom stereocenters. The molecule has 0 atom stereocenters. The topological polar surface area (TPSA) is 128 Å². The average Bonchev–Trinajstić information content (AvgIpc) is 2.56. The van der Waals surface area contributed by atoms with Crippen LogP contribution in [-0.2, 0) is 0 Å². The molecular weight excluding hydrogens is 375 g/mol. The van der Waals surface area contributed by atoms with Crippen molar-refractivity contribution in [3.05, 3.63) is 77.8 Å². The maximum Gasteiger partial charge on any atom is 0.288 e. The molecule has 0 aromatic heterocycles. The summed E-state index contributed by atoms with van der Waals surface area (Å²) < 4.78 is 0. The summed E-state index contributed by atoms with van der Waals surface area (Å²) in [6.07, 6.45) is 1.12. The zero-order valence-corrected chi connectivity index (χ0v) is 13.7. The minimum atomic E-state index is -0.724. The second-order valence-corrected chi connectivity index (χ2v) is 5.40. The third-order valence-corrected chi connectivity index (χ3v) is 3.63. The summed E-state index contributed by atoms with van der Waals surface area (Å²) in [6.45, 7) is 0. The Morgan fingerprint density at radius 1 is 1.04 bits per heavy atom. The van der Waals surface area contributed by atoms with Gasteiger partial charge in [0.1, 0.15) is 5.02 Å². The summed E-state index contributed by atoms with van der Waals surface area (Å²) >= 11 is 11.6. The quantitative estimate of drug-likeness (QED) is 0.480. The van der Waals surface area contributed by atoms with E-state index in [-0.39, 0.29) is 26.9 Å². The van der Waals surface area contributed by atoms with Crippen LogP contribution in [0.5, 0.6) is 0 Å². The fourth-order valence-electron chi connectivity index (χ4n) is 1.76. The van der Waals surface area contributed by atoms with Gasteiger partial charge in [0.15, 0.2) is 0 Å². The first-order chi connectivity index (χ1) is 11.8. The average molecular weight is 383 g/mol. The maximum atomic E-state index is 11.9. The molecule has 0 bridgehead atoms. The number of hydrazone groups is 1. The van der Waals surface area contributed by atoms with Crippen molar-refractivity contribution in [1.29, 1.82) is 0 Å². The molecule has 0 fully saturated rings. The summed E-state index contributed by atoms with van der Waals surface area (Å²) in [4.78, 5) is 32.2. The van der Waals surface area contributed by atoms with E-state index in [2.05, 4.69) is 10.5 Å². The fourth-order valence-corrected chi connectivity index (χ4v) is 2.12. The van der Waals surface area contributed by atoms with Crippen LogP contribution in [-0.4, -0.2) is 22.0 Å². The Labute approximate surface area is 150 Å². The largest absolute Gasteiger partial charge is 0.288 e. The van der Waals surface area contributed by atoms with Crippen molar-refractivity contribution in [2.75, 3.05) is 0 Å². The summed E-state index contributed by atoms with van der Waals surface area (Å²) in [5.74, 6) is -0.724. The Hall–Kier alpha value is -3.04. The molecule has 0 aliphatic heterocycles. The Bertz CT molecular complexity index is 901. The summed E-state index contributed by atoms with van der Waals surface area (Å²) in [5, 5.41) is 25.3. The third kappa shape index (κ3) is 4.49. The SMILES string of the molecule is O=C(N/N=C/c1cc([N+](=O)[O-])ccc1Cl)c1ccc(Cl)c([N+](=O)[O-])c1. The van der Waals surface area contributed by atoms with Crippen LogP contribution in [0.3, 0.4) is 0 Å². The lowest BCUT2D eigenvalue weighted by atomic mass is 10.2. The van der Waals surface area contributed by atoms with E-state index in [0.717, 1.165) is 12.3 Å². The van der Waals surface area contributed by atoms with Crippen LogP contribution >= 0.6 is 23.2 Å². The molecule has 0 heterocycles. The molecule has 0 aliphatic carbocycles. The van der Waals surface area contributed by atoms with Gasteiger partial charge in [-0.25, -0.2) is 5.43 Å². The van der Waals surface area contributed by atoms with E-state index in [4.69, 9.17) is 23.2 Å². The number of carbonyl (C=O) groups is 1. The number of hydrogen-bond acceptors (Lipinski definition) is 6. The molecule has 1 N–H and O–H groups in total. The molecule has 0 saturated carbocycles. The van der Waals surface area contributed by atoms with Gasteiger partial charge in [-0.3, -0.25) is 25.0 Å². The lowest BCUT2D eigenvalue weighted by Gasteiger charge is -2.02. The van der Waals surface area contributed by atoms with Crippen molar-refractivity contribution in [1.82, 2.24) is 5.43 Å². The highest BCUT2D eigenvalue weighted by Gasteiger charge is 2.16. The molecule has 2 rings (SSSR count). The normalized spacial score (nSPS) is 10.6. The molecule has 2 aromatic carbocycles. The van der Waals surface area contributed by atoms with Gasteiger partial charge in [0.2, 0.25) is 0 Å². The number of nitro groups is 2. The van der Waals surface area contributed by atoms with E-state index in [9.17, 15) is 25.0 Å². The molecule has 1 amide bonds. The van der Waals surface area contributed by atoms with Crippen LogP contribution in [0.15, 0.2) is 41.5 Å². The van der Waals surface area contributed by atoms with Gasteiger partial charge in [0.05, 0.1) is 16.1 Å². The Morgan fingerprint density at radius 2 is 1.72 bits per heavy atom. The number of amides is 1. The second-order valence-electron chi connectivity index (χ2n) is 4.59. The molecule has 11 heteroatoms. The first kappa shape index (κ1) is 18.3. The molecule has 0 saturated heterocycles. The lowest BCUT2D eigenvalue weighted by Crippen LogP contribution is -2.17. The van der Waals surface area contributed by atoms with E-state index >= 15 is 0 Å². The van der Waals surface area contributed by atoms with Crippen molar-refractivity contribution in [2.24, 2.45) is 5.10 Å². The number of halogens is 2. The van der Waals surface area contributed by atoms with Crippen molar-refractivity contribution in [2.45, 2.75) is 0 Å². The van der Waals surface area contributed by atoms with E-state index in [0.29, 0.717) is 0 Å². The van der Waals surface area contributed by atoms with E-state index in [1.165, 1.54) is 30.3 Å². The predicted octanol–water partition coefficient (Wildman–Crippen LogP) is 3.57. The number of non-ortho nitro benzene ring substituents is 1.